The number of nitrogens with zero attached hydrogens (tertiary/aromatic N) is 3. The van der Waals surface area contributed by atoms with Crippen molar-refractivity contribution in [1.29, 1.82) is 0 Å². The Labute approximate surface area is 119 Å². The van der Waals surface area contributed by atoms with E-state index in [1.807, 2.05) is 6.92 Å². The molecule has 3 rings (SSSR count). The maximum Gasteiger partial charge on any atom is 0.252 e. The molecule has 5 nitrogen and oxygen atoms in total. The first kappa shape index (κ1) is 13.5. The van der Waals surface area contributed by atoms with Gasteiger partial charge in [0.2, 0.25) is 0 Å². The molecule has 108 valence electrons. The molecular weight excluding hydrogens is 252 g/mol. The summed E-state index contributed by atoms with van der Waals surface area (Å²) in [6.07, 6.45) is 9.20. The standard InChI is InChI=1S/C15H22N4O/c1-10-12(14(16)20)9-17-15(18-10)13-7-4-8-19(13)11-5-2-3-6-11/h9,11,13H,2-8H2,1H3,(H2,16,20). The summed E-state index contributed by atoms with van der Waals surface area (Å²) in [6.45, 7) is 2.98. The summed E-state index contributed by atoms with van der Waals surface area (Å²) in [5.74, 6) is 0.407. The van der Waals surface area contributed by atoms with Crippen LogP contribution in [0.3, 0.4) is 0 Å². The molecule has 2 aliphatic rings. The Balaban J connectivity index is 1.84. The molecular formula is C15H22N4O. The van der Waals surface area contributed by atoms with Crippen molar-refractivity contribution in [3.63, 3.8) is 0 Å². The van der Waals surface area contributed by atoms with Crippen molar-refractivity contribution in [2.24, 2.45) is 5.73 Å². The van der Waals surface area contributed by atoms with Crippen LogP contribution in [0.25, 0.3) is 0 Å². The molecule has 0 spiro atoms. The molecule has 1 aromatic rings. The second-order valence-electron chi connectivity index (χ2n) is 5.93. The summed E-state index contributed by atoms with van der Waals surface area (Å²) in [4.78, 5) is 22.8. The Morgan fingerprint density at radius 3 is 2.70 bits per heavy atom. The number of hydrogen-bond acceptors (Lipinski definition) is 4. The number of nitrogens with two attached hydrogens (primary N) is 1. The molecule has 1 unspecified atom stereocenters. The normalized spacial score (nSPS) is 24.4. The van der Waals surface area contributed by atoms with E-state index in [0.29, 0.717) is 23.3 Å². The predicted octanol–water partition coefficient (Wildman–Crippen LogP) is 1.96. The van der Waals surface area contributed by atoms with Crippen molar-refractivity contribution in [3.8, 4) is 0 Å². The maximum atomic E-state index is 11.3. The number of rotatable bonds is 3. The van der Waals surface area contributed by atoms with Crippen molar-refractivity contribution in [2.75, 3.05) is 6.54 Å². The summed E-state index contributed by atoms with van der Waals surface area (Å²) in [5.41, 5.74) is 6.44. The molecule has 1 saturated heterocycles. The molecule has 1 amide bonds. The van der Waals surface area contributed by atoms with E-state index in [9.17, 15) is 4.79 Å². The van der Waals surface area contributed by atoms with E-state index in [-0.39, 0.29) is 0 Å². The first-order valence-corrected chi connectivity index (χ1v) is 7.56. The van der Waals surface area contributed by atoms with E-state index >= 15 is 0 Å². The molecule has 1 aromatic heterocycles. The lowest BCUT2D eigenvalue weighted by Crippen LogP contribution is -2.33. The fourth-order valence-electron chi connectivity index (χ4n) is 3.63. The molecule has 0 aromatic carbocycles. The summed E-state index contributed by atoms with van der Waals surface area (Å²) >= 11 is 0. The van der Waals surface area contributed by atoms with Crippen LogP contribution in [0, 0.1) is 6.92 Å². The van der Waals surface area contributed by atoms with Gasteiger partial charge in [0.15, 0.2) is 0 Å². The number of carbonyl (C=O) groups is 1. The van der Waals surface area contributed by atoms with Gasteiger partial charge in [-0.15, -0.1) is 0 Å². The van der Waals surface area contributed by atoms with Crippen LogP contribution in [0.1, 0.15) is 66.4 Å². The van der Waals surface area contributed by atoms with E-state index < -0.39 is 5.91 Å². The van der Waals surface area contributed by atoms with Crippen molar-refractivity contribution in [1.82, 2.24) is 14.9 Å². The van der Waals surface area contributed by atoms with Gasteiger partial charge < -0.3 is 5.73 Å². The zero-order valence-electron chi connectivity index (χ0n) is 12.0. The highest BCUT2D eigenvalue weighted by atomic mass is 16.1. The van der Waals surface area contributed by atoms with Gasteiger partial charge >= 0.3 is 0 Å². The predicted molar refractivity (Wildman–Crippen MR) is 76.2 cm³/mol. The van der Waals surface area contributed by atoms with Gasteiger partial charge in [-0.3, -0.25) is 9.69 Å². The smallest absolute Gasteiger partial charge is 0.252 e. The Bertz CT molecular complexity index is 511. The molecule has 2 heterocycles. The number of hydrogen-bond donors (Lipinski definition) is 1. The SMILES string of the molecule is Cc1nc(C2CCCN2C2CCCC2)ncc1C(N)=O. The van der Waals surface area contributed by atoms with Gasteiger partial charge in [-0.05, 0) is 39.2 Å². The minimum atomic E-state index is -0.451. The highest BCUT2D eigenvalue weighted by molar-refractivity contribution is 5.93. The lowest BCUT2D eigenvalue weighted by atomic mass is 10.1. The molecule has 20 heavy (non-hydrogen) atoms. The van der Waals surface area contributed by atoms with Crippen LogP contribution >= 0.6 is 0 Å². The molecule has 0 radical (unpaired) electrons. The zero-order valence-corrected chi connectivity index (χ0v) is 12.0. The minimum Gasteiger partial charge on any atom is -0.365 e. The number of amides is 1. The molecule has 2 fully saturated rings. The number of carbonyl (C=O) groups excluding carboxylic acids is 1. The summed E-state index contributed by atoms with van der Waals surface area (Å²) in [5, 5.41) is 0. The largest absolute Gasteiger partial charge is 0.365 e. The molecule has 5 heteroatoms. The van der Waals surface area contributed by atoms with Crippen LogP contribution in [0.4, 0.5) is 0 Å². The van der Waals surface area contributed by atoms with E-state index in [1.54, 1.807) is 6.20 Å². The average Bonchev–Trinajstić information content (AvgIpc) is 3.09. The number of aromatic nitrogens is 2. The third-order valence-electron chi connectivity index (χ3n) is 4.65. The molecule has 1 aliphatic carbocycles. The maximum absolute atomic E-state index is 11.3. The van der Waals surface area contributed by atoms with Crippen molar-refractivity contribution < 1.29 is 4.79 Å². The summed E-state index contributed by atoms with van der Waals surface area (Å²) in [6, 6.07) is 1.01. The van der Waals surface area contributed by atoms with Gasteiger partial charge in [-0.1, -0.05) is 12.8 Å². The fraction of sp³-hybridized carbons (Fsp3) is 0.667. The average molecular weight is 274 g/mol. The third kappa shape index (κ3) is 2.42. The van der Waals surface area contributed by atoms with Gasteiger partial charge in [0.1, 0.15) is 5.82 Å². The highest BCUT2D eigenvalue weighted by Crippen LogP contribution is 2.36. The first-order valence-electron chi connectivity index (χ1n) is 7.56. The van der Waals surface area contributed by atoms with Crippen molar-refractivity contribution in [3.05, 3.63) is 23.3 Å². The zero-order chi connectivity index (χ0) is 14.1. The quantitative estimate of drug-likeness (QED) is 0.914. The lowest BCUT2D eigenvalue weighted by molar-refractivity contribution is 0.0998. The van der Waals surface area contributed by atoms with Gasteiger partial charge in [0, 0.05) is 12.2 Å². The fourth-order valence-corrected chi connectivity index (χ4v) is 3.63. The minimum absolute atomic E-state index is 0.318. The Morgan fingerprint density at radius 2 is 2.05 bits per heavy atom. The lowest BCUT2D eigenvalue weighted by Gasteiger charge is -2.29. The van der Waals surface area contributed by atoms with Crippen LogP contribution in [0.2, 0.25) is 0 Å². The van der Waals surface area contributed by atoms with Crippen molar-refractivity contribution in [2.45, 2.75) is 57.5 Å². The first-order chi connectivity index (χ1) is 9.66. The van der Waals surface area contributed by atoms with Gasteiger partial charge in [0.25, 0.3) is 5.91 Å². The second-order valence-corrected chi connectivity index (χ2v) is 5.93. The van der Waals surface area contributed by atoms with Crippen LogP contribution in [-0.4, -0.2) is 33.4 Å². The molecule has 2 N–H and O–H groups in total. The van der Waals surface area contributed by atoms with Crippen molar-refractivity contribution >= 4 is 5.91 Å². The van der Waals surface area contributed by atoms with Crippen LogP contribution in [0.5, 0.6) is 0 Å². The topological polar surface area (TPSA) is 72.1 Å². The van der Waals surface area contributed by atoms with Crippen LogP contribution < -0.4 is 5.73 Å². The monoisotopic (exact) mass is 274 g/mol. The van der Waals surface area contributed by atoms with Gasteiger partial charge in [-0.25, -0.2) is 9.97 Å². The van der Waals surface area contributed by atoms with Crippen LogP contribution in [0.15, 0.2) is 6.20 Å². The third-order valence-corrected chi connectivity index (χ3v) is 4.65. The molecule has 1 atom stereocenters. The Hall–Kier alpha value is -1.49. The Morgan fingerprint density at radius 1 is 1.30 bits per heavy atom. The highest BCUT2D eigenvalue weighted by Gasteiger charge is 2.34. The van der Waals surface area contributed by atoms with E-state index in [0.717, 1.165) is 18.8 Å². The summed E-state index contributed by atoms with van der Waals surface area (Å²) in [7, 11) is 0. The second kappa shape index (κ2) is 5.48. The number of likely N-dealkylation sites (tertiary alicyclic amines) is 1. The van der Waals surface area contributed by atoms with E-state index in [1.165, 1.54) is 32.1 Å². The van der Waals surface area contributed by atoms with E-state index in [2.05, 4.69) is 14.9 Å². The molecule has 0 bridgehead atoms. The van der Waals surface area contributed by atoms with Gasteiger partial charge in [0.05, 0.1) is 17.3 Å². The summed E-state index contributed by atoms with van der Waals surface area (Å²) < 4.78 is 0. The molecule has 1 saturated carbocycles. The number of primary amides is 1. The number of aryl methyl sites for hydroxylation is 1. The van der Waals surface area contributed by atoms with E-state index in [4.69, 9.17) is 5.73 Å². The Kier molecular flexibility index (Phi) is 3.70. The van der Waals surface area contributed by atoms with Crippen LogP contribution in [-0.2, 0) is 0 Å². The molecule has 1 aliphatic heterocycles. The van der Waals surface area contributed by atoms with Gasteiger partial charge in [-0.2, -0.15) is 0 Å².